The molecule has 2 aliphatic rings. The fourth-order valence-electron chi connectivity index (χ4n) is 3.53. The summed E-state index contributed by atoms with van der Waals surface area (Å²) in [4.78, 5) is 2.62. The predicted octanol–water partition coefficient (Wildman–Crippen LogP) is 3.66. The van der Waals surface area contributed by atoms with Crippen molar-refractivity contribution in [3.63, 3.8) is 0 Å². The molecule has 22 heavy (non-hydrogen) atoms. The molecule has 124 valence electrons. The van der Waals surface area contributed by atoms with E-state index >= 15 is 0 Å². The highest BCUT2D eigenvalue weighted by molar-refractivity contribution is 6.30. The number of halogens is 2. The molecular formula is C17H26Cl2N2O. The summed E-state index contributed by atoms with van der Waals surface area (Å²) in [6, 6.07) is 4.83. The zero-order chi connectivity index (χ0) is 14.7. The van der Waals surface area contributed by atoms with Gasteiger partial charge in [0.15, 0.2) is 0 Å². The molecule has 0 aliphatic carbocycles. The molecule has 0 spiro atoms. The van der Waals surface area contributed by atoms with Crippen LogP contribution in [0.25, 0.3) is 0 Å². The maximum Gasteiger partial charge on any atom is 0.127 e. The van der Waals surface area contributed by atoms with E-state index < -0.39 is 0 Å². The molecule has 2 heterocycles. The lowest BCUT2D eigenvalue weighted by Crippen LogP contribution is -2.43. The fourth-order valence-corrected chi connectivity index (χ4v) is 3.80. The van der Waals surface area contributed by atoms with E-state index in [9.17, 15) is 0 Å². The molecule has 3 rings (SSSR count). The number of hydrogen-bond acceptors (Lipinski definition) is 3. The Kier molecular flexibility index (Phi) is 6.82. The van der Waals surface area contributed by atoms with Gasteiger partial charge in [0.05, 0.1) is 6.61 Å². The minimum atomic E-state index is 0. The summed E-state index contributed by atoms with van der Waals surface area (Å²) in [5.41, 5.74) is 2.54. The number of nitrogens with zero attached hydrogens (tertiary/aromatic N) is 1. The molecule has 1 saturated heterocycles. The van der Waals surface area contributed by atoms with Crippen molar-refractivity contribution in [1.29, 1.82) is 0 Å². The van der Waals surface area contributed by atoms with Gasteiger partial charge in [0.2, 0.25) is 0 Å². The molecule has 0 saturated carbocycles. The molecule has 0 bridgehead atoms. The fraction of sp³-hybridized carbons (Fsp3) is 0.647. The van der Waals surface area contributed by atoms with E-state index in [1.54, 1.807) is 0 Å². The minimum absolute atomic E-state index is 0. The second kappa shape index (κ2) is 8.39. The number of fused-ring (bicyclic) bond motifs is 1. The van der Waals surface area contributed by atoms with Gasteiger partial charge in [0.1, 0.15) is 5.75 Å². The summed E-state index contributed by atoms with van der Waals surface area (Å²) in [6.07, 6.45) is 4.66. The molecule has 0 radical (unpaired) electrons. The van der Waals surface area contributed by atoms with Crippen LogP contribution in [-0.4, -0.2) is 37.2 Å². The summed E-state index contributed by atoms with van der Waals surface area (Å²) in [5, 5.41) is 4.30. The molecule has 1 aromatic rings. The van der Waals surface area contributed by atoms with Crippen LogP contribution in [0.3, 0.4) is 0 Å². The summed E-state index contributed by atoms with van der Waals surface area (Å²) < 4.78 is 5.85. The van der Waals surface area contributed by atoms with Crippen molar-refractivity contribution >= 4 is 24.0 Å². The van der Waals surface area contributed by atoms with Crippen LogP contribution in [0, 0.1) is 0 Å². The van der Waals surface area contributed by atoms with Crippen LogP contribution in [0.15, 0.2) is 12.1 Å². The van der Waals surface area contributed by atoms with E-state index in [0.717, 1.165) is 50.0 Å². The van der Waals surface area contributed by atoms with Crippen LogP contribution >= 0.6 is 24.0 Å². The highest BCUT2D eigenvalue weighted by atomic mass is 35.5. The summed E-state index contributed by atoms with van der Waals surface area (Å²) in [7, 11) is 0. The molecular weight excluding hydrogens is 319 g/mol. The first-order valence-corrected chi connectivity index (χ1v) is 8.54. The Balaban J connectivity index is 0.00000176. The number of hydrogen-bond donors (Lipinski definition) is 1. The largest absolute Gasteiger partial charge is 0.493 e. The molecule has 1 aromatic carbocycles. The number of nitrogens with one attached hydrogen (secondary N) is 1. The number of piperidine rings is 1. The van der Waals surface area contributed by atoms with Crippen molar-refractivity contribution in [3.05, 3.63) is 28.3 Å². The molecule has 0 aromatic heterocycles. The van der Waals surface area contributed by atoms with Gasteiger partial charge < -0.3 is 10.1 Å². The summed E-state index contributed by atoms with van der Waals surface area (Å²) in [5.74, 6) is 1.09. The molecule has 5 heteroatoms. The first-order valence-electron chi connectivity index (χ1n) is 8.16. The first kappa shape index (κ1) is 17.9. The van der Waals surface area contributed by atoms with Gasteiger partial charge in [-0.05, 0) is 56.6 Å². The van der Waals surface area contributed by atoms with Crippen molar-refractivity contribution in [2.75, 3.05) is 26.2 Å². The van der Waals surface area contributed by atoms with Crippen LogP contribution in [0.1, 0.15) is 37.3 Å². The first-order chi connectivity index (χ1) is 10.3. The molecule has 3 nitrogen and oxygen atoms in total. The average molecular weight is 345 g/mol. The number of rotatable bonds is 5. The van der Waals surface area contributed by atoms with E-state index in [1.807, 2.05) is 0 Å². The van der Waals surface area contributed by atoms with E-state index in [1.165, 1.54) is 30.4 Å². The van der Waals surface area contributed by atoms with Crippen LogP contribution < -0.4 is 10.1 Å². The highest BCUT2D eigenvalue weighted by Gasteiger charge is 2.24. The third-order valence-corrected chi connectivity index (χ3v) is 4.75. The van der Waals surface area contributed by atoms with Gasteiger partial charge in [-0.25, -0.2) is 0 Å². The standard InChI is InChI=1S/C17H25ClN2O.ClH/c1-2-8-20(16-3-6-19-7-4-16)12-14-11-15(18)10-13-5-9-21-17(13)14;/h10-11,16,19H,2-9,12H2,1H3;1H. The van der Waals surface area contributed by atoms with Gasteiger partial charge in [0.25, 0.3) is 0 Å². The van der Waals surface area contributed by atoms with Gasteiger partial charge in [0, 0.05) is 29.6 Å². The highest BCUT2D eigenvalue weighted by Crippen LogP contribution is 2.34. The van der Waals surface area contributed by atoms with Gasteiger partial charge >= 0.3 is 0 Å². The SMILES string of the molecule is CCCN(Cc1cc(Cl)cc2c1OCC2)C1CCNCC1.Cl. The van der Waals surface area contributed by atoms with E-state index in [2.05, 4.69) is 29.3 Å². The molecule has 0 amide bonds. The predicted molar refractivity (Wildman–Crippen MR) is 94.5 cm³/mol. The molecule has 2 aliphatic heterocycles. The third kappa shape index (κ3) is 4.08. The van der Waals surface area contributed by atoms with Crippen LogP contribution in [-0.2, 0) is 13.0 Å². The summed E-state index contributed by atoms with van der Waals surface area (Å²) in [6.45, 7) is 7.42. The number of benzene rings is 1. The Bertz CT molecular complexity index is 490. The quantitative estimate of drug-likeness (QED) is 0.881. The zero-order valence-corrected chi connectivity index (χ0v) is 14.8. The van der Waals surface area contributed by atoms with E-state index in [-0.39, 0.29) is 12.4 Å². The van der Waals surface area contributed by atoms with Crippen LogP contribution in [0.2, 0.25) is 5.02 Å². The summed E-state index contributed by atoms with van der Waals surface area (Å²) >= 11 is 6.29. The Morgan fingerprint density at radius 1 is 1.32 bits per heavy atom. The lowest BCUT2D eigenvalue weighted by atomic mass is 10.0. The van der Waals surface area contributed by atoms with E-state index in [0.29, 0.717) is 6.04 Å². The minimum Gasteiger partial charge on any atom is -0.493 e. The van der Waals surface area contributed by atoms with Gasteiger partial charge in [-0.15, -0.1) is 12.4 Å². The maximum absolute atomic E-state index is 6.29. The lowest BCUT2D eigenvalue weighted by Gasteiger charge is -2.34. The van der Waals surface area contributed by atoms with Crippen molar-refractivity contribution in [2.24, 2.45) is 0 Å². The van der Waals surface area contributed by atoms with Crippen LogP contribution in [0.5, 0.6) is 5.75 Å². The van der Waals surface area contributed by atoms with E-state index in [4.69, 9.17) is 16.3 Å². The van der Waals surface area contributed by atoms with Crippen molar-refractivity contribution in [1.82, 2.24) is 10.2 Å². The molecule has 0 atom stereocenters. The maximum atomic E-state index is 6.29. The third-order valence-electron chi connectivity index (χ3n) is 4.53. The second-order valence-corrected chi connectivity index (χ2v) is 6.54. The number of ether oxygens (including phenoxy) is 1. The van der Waals surface area contributed by atoms with Gasteiger partial charge in [-0.1, -0.05) is 18.5 Å². The second-order valence-electron chi connectivity index (χ2n) is 6.10. The van der Waals surface area contributed by atoms with Crippen molar-refractivity contribution < 1.29 is 4.74 Å². The average Bonchev–Trinajstić information content (AvgIpc) is 2.96. The van der Waals surface area contributed by atoms with Crippen molar-refractivity contribution in [2.45, 2.75) is 45.2 Å². The van der Waals surface area contributed by atoms with Gasteiger partial charge in [-0.2, -0.15) is 0 Å². The van der Waals surface area contributed by atoms with Crippen molar-refractivity contribution in [3.8, 4) is 5.75 Å². The molecule has 1 fully saturated rings. The monoisotopic (exact) mass is 344 g/mol. The lowest BCUT2D eigenvalue weighted by molar-refractivity contribution is 0.152. The topological polar surface area (TPSA) is 24.5 Å². The zero-order valence-electron chi connectivity index (χ0n) is 13.2. The Morgan fingerprint density at radius 2 is 2.09 bits per heavy atom. The molecule has 0 unspecified atom stereocenters. The Morgan fingerprint density at radius 3 is 2.82 bits per heavy atom. The van der Waals surface area contributed by atoms with Gasteiger partial charge in [-0.3, -0.25) is 4.90 Å². The smallest absolute Gasteiger partial charge is 0.127 e. The molecule has 1 N–H and O–H groups in total. The Labute approximate surface area is 144 Å². The Hall–Kier alpha value is -0.480. The normalized spacial score (nSPS) is 18.0. The van der Waals surface area contributed by atoms with Crippen LogP contribution in [0.4, 0.5) is 0 Å².